The average Bonchev–Trinajstić information content (AvgIpc) is 2.97. The van der Waals surface area contributed by atoms with E-state index in [1.807, 2.05) is 42.7 Å². The molecule has 0 saturated carbocycles. The number of nitrogen functional groups attached to an aromatic ring is 1. The number of thiazole rings is 1. The smallest absolute Gasteiger partial charge is 0.124 e. The Balaban J connectivity index is 2.05. The van der Waals surface area contributed by atoms with Crippen molar-refractivity contribution in [2.45, 2.75) is 13.3 Å². The van der Waals surface area contributed by atoms with Crippen molar-refractivity contribution in [2.24, 2.45) is 0 Å². The first kappa shape index (κ1) is 12.8. The van der Waals surface area contributed by atoms with Crippen LogP contribution in [-0.4, -0.2) is 9.97 Å². The van der Waals surface area contributed by atoms with Crippen molar-refractivity contribution in [2.75, 3.05) is 5.73 Å². The predicted molar refractivity (Wildman–Crippen MR) is 84.6 cm³/mol. The summed E-state index contributed by atoms with van der Waals surface area (Å²) in [6.45, 7) is 2.13. The first-order valence-corrected chi connectivity index (χ1v) is 7.41. The van der Waals surface area contributed by atoms with Crippen LogP contribution in [0.1, 0.15) is 12.5 Å². The normalized spacial score (nSPS) is 10.7. The van der Waals surface area contributed by atoms with Gasteiger partial charge in [-0.25, -0.2) is 4.98 Å². The number of pyridine rings is 1. The molecule has 3 aromatic rings. The summed E-state index contributed by atoms with van der Waals surface area (Å²) >= 11 is 1.64. The van der Waals surface area contributed by atoms with E-state index in [2.05, 4.69) is 17.3 Å². The second-order valence-electron chi connectivity index (χ2n) is 4.51. The summed E-state index contributed by atoms with van der Waals surface area (Å²) in [7, 11) is 0. The lowest BCUT2D eigenvalue weighted by Crippen LogP contribution is -1.90. The van der Waals surface area contributed by atoms with Crippen LogP contribution in [0.25, 0.3) is 21.8 Å². The quantitative estimate of drug-likeness (QED) is 0.738. The van der Waals surface area contributed by atoms with E-state index in [4.69, 9.17) is 10.7 Å². The molecule has 0 unspecified atom stereocenters. The van der Waals surface area contributed by atoms with Crippen molar-refractivity contribution in [3.8, 4) is 21.8 Å². The molecular formula is C16H15N3S. The maximum atomic E-state index is 6.01. The number of nitrogens with two attached hydrogens (primary N) is 1. The molecule has 2 aromatic heterocycles. The zero-order valence-electron chi connectivity index (χ0n) is 11.2. The van der Waals surface area contributed by atoms with Crippen LogP contribution in [0.5, 0.6) is 0 Å². The van der Waals surface area contributed by atoms with E-state index in [0.29, 0.717) is 0 Å². The number of anilines is 1. The standard InChI is InChI=1S/C16H15N3S/c1-2-11-9-18-8-7-12(11)16-19-15(10-20-16)13-5-3-4-6-14(13)17/h3-10H,2,17H2,1H3. The highest BCUT2D eigenvalue weighted by atomic mass is 32.1. The van der Waals surface area contributed by atoms with E-state index < -0.39 is 0 Å². The number of hydrogen-bond donors (Lipinski definition) is 1. The molecule has 1 aromatic carbocycles. The van der Waals surface area contributed by atoms with Crippen molar-refractivity contribution in [1.82, 2.24) is 9.97 Å². The van der Waals surface area contributed by atoms with Crippen molar-refractivity contribution < 1.29 is 0 Å². The first-order valence-electron chi connectivity index (χ1n) is 6.53. The van der Waals surface area contributed by atoms with Crippen LogP contribution < -0.4 is 5.73 Å². The van der Waals surface area contributed by atoms with Gasteiger partial charge in [-0.15, -0.1) is 11.3 Å². The third kappa shape index (κ3) is 2.30. The summed E-state index contributed by atoms with van der Waals surface area (Å²) in [5.74, 6) is 0. The highest BCUT2D eigenvalue weighted by molar-refractivity contribution is 7.13. The molecule has 3 nitrogen and oxygen atoms in total. The molecule has 0 saturated heterocycles. The van der Waals surface area contributed by atoms with E-state index in [1.165, 1.54) is 5.56 Å². The predicted octanol–water partition coefficient (Wildman–Crippen LogP) is 4.02. The van der Waals surface area contributed by atoms with Crippen molar-refractivity contribution in [3.05, 3.63) is 53.7 Å². The van der Waals surface area contributed by atoms with Gasteiger partial charge in [-0.2, -0.15) is 0 Å². The Morgan fingerprint density at radius 1 is 1.15 bits per heavy atom. The Labute approximate surface area is 122 Å². The fraction of sp³-hybridized carbons (Fsp3) is 0.125. The van der Waals surface area contributed by atoms with E-state index >= 15 is 0 Å². The topological polar surface area (TPSA) is 51.8 Å². The zero-order chi connectivity index (χ0) is 13.9. The lowest BCUT2D eigenvalue weighted by Gasteiger charge is -2.03. The molecule has 0 aliphatic rings. The highest BCUT2D eigenvalue weighted by Gasteiger charge is 2.11. The van der Waals surface area contributed by atoms with Gasteiger partial charge in [0, 0.05) is 34.6 Å². The molecule has 0 aliphatic carbocycles. The van der Waals surface area contributed by atoms with Crippen LogP contribution in [0.15, 0.2) is 48.1 Å². The lowest BCUT2D eigenvalue weighted by molar-refractivity contribution is 1.10. The molecule has 0 bridgehead atoms. The van der Waals surface area contributed by atoms with Gasteiger partial charge in [0.05, 0.1) is 5.69 Å². The maximum absolute atomic E-state index is 6.01. The van der Waals surface area contributed by atoms with E-state index in [-0.39, 0.29) is 0 Å². The number of nitrogens with zero attached hydrogens (tertiary/aromatic N) is 2. The summed E-state index contributed by atoms with van der Waals surface area (Å²) in [5.41, 5.74) is 11.1. The largest absolute Gasteiger partial charge is 0.398 e. The first-order chi connectivity index (χ1) is 9.79. The molecule has 0 spiro atoms. The maximum Gasteiger partial charge on any atom is 0.124 e. The molecule has 20 heavy (non-hydrogen) atoms. The van der Waals surface area contributed by atoms with Crippen LogP contribution in [0.2, 0.25) is 0 Å². The fourth-order valence-electron chi connectivity index (χ4n) is 2.17. The summed E-state index contributed by atoms with van der Waals surface area (Å²) in [4.78, 5) is 8.91. The van der Waals surface area contributed by atoms with E-state index in [1.54, 1.807) is 11.3 Å². The number of hydrogen-bond acceptors (Lipinski definition) is 4. The minimum atomic E-state index is 0.759. The summed E-state index contributed by atoms with van der Waals surface area (Å²) in [5, 5.41) is 3.07. The highest BCUT2D eigenvalue weighted by Crippen LogP contribution is 2.32. The Bertz CT molecular complexity index is 734. The third-order valence-electron chi connectivity index (χ3n) is 3.26. The summed E-state index contributed by atoms with van der Waals surface area (Å²) in [6.07, 6.45) is 4.67. The number of aryl methyl sites for hydroxylation is 1. The zero-order valence-corrected chi connectivity index (χ0v) is 12.0. The molecule has 0 atom stereocenters. The van der Waals surface area contributed by atoms with Gasteiger partial charge in [-0.3, -0.25) is 4.98 Å². The van der Waals surface area contributed by atoms with Crippen LogP contribution in [0.4, 0.5) is 5.69 Å². The molecule has 3 rings (SSSR count). The van der Waals surface area contributed by atoms with Crippen LogP contribution in [0.3, 0.4) is 0 Å². The Hall–Kier alpha value is -2.20. The van der Waals surface area contributed by atoms with E-state index in [0.717, 1.165) is 33.9 Å². The molecule has 2 heterocycles. The van der Waals surface area contributed by atoms with Gasteiger partial charge in [0.25, 0.3) is 0 Å². The number of rotatable bonds is 3. The number of para-hydroxylation sites is 1. The number of aromatic nitrogens is 2. The second-order valence-corrected chi connectivity index (χ2v) is 5.37. The van der Waals surface area contributed by atoms with Gasteiger partial charge in [-0.05, 0) is 24.1 Å². The Morgan fingerprint density at radius 3 is 2.80 bits per heavy atom. The van der Waals surface area contributed by atoms with Crippen LogP contribution in [-0.2, 0) is 6.42 Å². The van der Waals surface area contributed by atoms with Gasteiger partial charge in [-0.1, -0.05) is 25.1 Å². The van der Waals surface area contributed by atoms with Gasteiger partial charge < -0.3 is 5.73 Å². The Morgan fingerprint density at radius 2 is 2.00 bits per heavy atom. The minimum Gasteiger partial charge on any atom is -0.398 e. The summed E-state index contributed by atoms with van der Waals surface area (Å²) < 4.78 is 0. The SMILES string of the molecule is CCc1cnccc1-c1nc(-c2ccccc2N)cs1. The summed E-state index contributed by atoms with van der Waals surface area (Å²) in [6, 6.07) is 9.84. The van der Waals surface area contributed by atoms with Gasteiger partial charge in [0.2, 0.25) is 0 Å². The molecule has 100 valence electrons. The third-order valence-corrected chi connectivity index (χ3v) is 4.13. The van der Waals surface area contributed by atoms with Crippen molar-refractivity contribution in [3.63, 3.8) is 0 Å². The molecule has 0 aliphatic heterocycles. The van der Waals surface area contributed by atoms with Crippen LogP contribution in [0, 0.1) is 0 Å². The van der Waals surface area contributed by atoms with Crippen molar-refractivity contribution in [1.29, 1.82) is 0 Å². The monoisotopic (exact) mass is 281 g/mol. The molecule has 4 heteroatoms. The molecular weight excluding hydrogens is 266 g/mol. The van der Waals surface area contributed by atoms with E-state index in [9.17, 15) is 0 Å². The molecule has 2 N–H and O–H groups in total. The van der Waals surface area contributed by atoms with Gasteiger partial charge in [0.1, 0.15) is 5.01 Å². The lowest BCUT2D eigenvalue weighted by atomic mass is 10.1. The minimum absolute atomic E-state index is 0.759. The molecule has 0 fully saturated rings. The van der Waals surface area contributed by atoms with Crippen molar-refractivity contribution >= 4 is 17.0 Å². The Kier molecular flexibility index (Phi) is 3.48. The van der Waals surface area contributed by atoms with Crippen LogP contribution >= 0.6 is 11.3 Å². The fourth-order valence-corrected chi connectivity index (χ4v) is 3.05. The molecule has 0 radical (unpaired) electrons. The van der Waals surface area contributed by atoms with Gasteiger partial charge in [0.15, 0.2) is 0 Å². The van der Waals surface area contributed by atoms with Gasteiger partial charge >= 0.3 is 0 Å². The average molecular weight is 281 g/mol. The second kappa shape index (κ2) is 5.43. The number of benzene rings is 1. The molecule has 0 amide bonds.